The highest BCUT2D eigenvalue weighted by Gasteiger charge is 2.26. The Morgan fingerprint density at radius 2 is 1.83 bits per heavy atom. The van der Waals surface area contributed by atoms with Crippen LogP contribution >= 0.6 is 0 Å². The van der Waals surface area contributed by atoms with Crippen molar-refractivity contribution < 1.29 is 4.79 Å². The topological polar surface area (TPSA) is 32.3 Å². The van der Waals surface area contributed by atoms with Crippen molar-refractivity contribution in [3.8, 4) is 0 Å². The molecule has 1 aromatic rings. The molecule has 1 amide bonds. The maximum atomic E-state index is 12.1. The van der Waals surface area contributed by atoms with Gasteiger partial charge in [0.25, 0.3) is 0 Å². The first-order chi connectivity index (χ1) is 8.32. The lowest BCUT2D eigenvalue weighted by atomic mass is 9.87. The van der Waals surface area contributed by atoms with Gasteiger partial charge < -0.3 is 10.2 Å². The second kappa shape index (κ2) is 5.89. The van der Waals surface area contributed by atoms with Gasteiger partial charge in [0.2, 0.25) is 5.91 Å². The van der Waals surface area contributed by atoms with Crippen molar-refractivity contribution >= 4 is 11.6 Å². The van der Waals surface area contributed by atoms with Crippen LogP contribution in [0.1, 0.15) is 27.7 Å². The maximum Gasteiger partial charge on any atom is 0.241 e. The number of carbonyl (C=O) groups excluding carboxylic acids is 1. The molecule has 100 valence electrons. The smallest absolute Gasteiger partial charge is 0.241 e. The predicted octanol–water partition coefficient (Wildman–Crippen LogP) is 2.99. The van der Waals surface area contributed by atoms with Crippen molar-refractivity contribution in [1.29, 1.82) is 0 Å². The first kappa shape index (κ1) is 14.6. The van der Waals surface area contributed by atoms with Crippen LogP contribution in [-0.4, -0.2) is 30.4 Å². The van der Waals surface area contributed by atoms with Crippen molar-refractivity contribution in [2.24, 2.45) is 5.41 Å². The molecule has 0 spiro atoms. The molecule has 0 saturated heterocycles. The molecule has 3 heteroatoms. The van der Waals surface area contributed by atoms with Crippen LogP contribution in [0.5, 0.6) is 0 Å². The fourth-order valence-electron chi connectivity index (χ4n) is 1.66. The van der Waals surface area contributed by atoms with Gasteiger partial charge in [-0.05, 0) is 24.5 Å². The van der Waals surface area contributed by atoms with Crippen LogP contribution in [0.4, 0.5) is 5.69 Å². The standard InChI is InChI=1S/C15H24N2O/c1-12(15(2,3)4)17(5)14(18)11-16-13-9-7-6-8-10-13/h6-10,12,16H,11H2,1-5H3. The van der Waals surface area contributed by atoms with Crippen LogP contribution in [0.15, 0.2) is 30.3 Å². The Balaban J connectivity index is 2.51. The quantitative estimate of drug-likeness (QED) is 0.888. The van der Waals surface area contributed by atoms with Gasteiger partial charge in [-0.3, -0.25) is 4.79 Å². The summed E-state index contributed by atoms with van der Waals surface area (Å²) in [5, 5.41) is 3.14. The average Bonchev–Trinajstić information content (AvgIpc) is 2.34. The third kappa shape index (κ3) is 4.06. The zero-order valence-electron chi connectivity index (χ0n) is 12.0. The van der Waals surface area contributed by atoms with Gasteiger partial charge in [0.15, 0.2) is 0 Å². The van der Waals surface area contributed by atoms with Crippen molar-refractivity contribution in [2.75, 3.05) is 18.9 Å². The zero-order valence-corrected chi connectivity index (χ0v) is 12.0. The Morgan fingerprint density at radius 1 is 1.28 bits per heavy atom. The maximum absolute atomic E-state index is 12.1. The summed E-state index contributed by atoms with van der Waals surface area (Å²) in [6, 6.07) is 9.99. The van der Waals surface area contributed by atoms with E-state index in [1.807, 2.05) is 42.3 Å². The van der Waals surface area contributed by atoms with E-state index in [1.54, 1.807) is 0 Å². The van der Waals surface area contributed by atoms with E-state index in [2.05, 4.69) is 33.0 Å². The molecule has 0 bridgehead atoms. The molecule has 0 saturated carbocycles. The summed E-state index contributed by atoms with van der Waals surface area (Å²) in [6.45, 7) is 8.85. The molecule has 0 heterocycles. The summed E-state index contributed by atoms with van der Waals surface area (Å²) in [4.78, 5) is 13.9. The molecule has 3 nitrogen and oxygen atoms in total. The minimum Gasteiger partial charge on any atom is -0.376 e. The predicted molar refractivity (Wildman–Crippen MR) is 76.6 cm³/mol. The van der Waals surface area contributed by atoms with Crippen molar-refractivity contribution in [2.45, 2.75) is 33.7 Å². The molecule has 0 fully saturated rings. The number of rotatable bonds is 4. The minimum atomic E-state index is 0.0944. The van der Waals surface area contributed by atoms with Gasteiger partial charge in [-0.2, -0.15) is 0 Å². The van der Waals surface area contributed by atoms with Crippen LogP contribution in [-0.2, 0) is 4.79 Å². The Morgan fingerprint density at radius 3 is 2.33 bits per heavy atom. The largest absolute Gasteiger partial charge is 0.376 e. The second-order valence-electron chi connectivity index (χ2n) is 5.77. The SMILES string of the molecule is CC(N(C)C(=O)CNc1ccccc1)C(C)(C)C. The third-order valence-electron chi connectivity index (χ3n) is 3.45. The van der Waals surface area contributed by atoms with Gasteiger partial charge >= 0.3 is 0 Å². The Hall–Kier alpha value is -1.51. The molecule has 1 N–H and O–H groups in total. The molecule has 1 atom stereocenters. The Labute approximate surface area is 110 Å². The number of hydrogen-bond acceptors (Lipinski definition) is 2. The third-order valence-corrected chi connectivity index (χ3v) is 3.45. The number of anilines is 1. The summed E-state index contributed by atoms with van der Waals surface area (Å²) in [5.41, 5.74) is 1.07. The first-order valence-electron chi connectivity index (χ1n) is 6.37. The van der Waals surface area contributed by atoms with Gasteiger partial charge in [0.1, 0.15) is 0 Å². The summed E-state index contributed by atoms with van der Waals surface area (Å²) in [6.07, 6.45) is 0. The molecule has 18 heavy (non-hydrogen) atoms. The van der Waals surface area contributed by atoms with E-state index >= 15 is 0 Å². The minimum absolute atomic E-state index is 0.0944. The van der Waals surface area contributed by atoms with E-state index in [4.69, 9.17) is 0 Å². The number of likely N-dealkylation sites (N-methyl/N-ethyl adjacent to an activating group) is 1. The zero-order chi connectivity index (χ0) is 13.8. The lowest BCUT2D eigenvalue weighted by Gasteiger charge is -2.35. The van der Waals surface area contributed by atoms with Crippen molar-refractivity contribution in [3.05, 3.63) is 30.3 Å². The van der Waals surface area contributed by atoms with E-state index in [0.717, 1.165) is 5.69 Å². The number of nitrogens with zero attached hydrogens (tertiary/aromatic N) is 1. The lowest BCUT2D eigenvalue weighted by Crippen LogP contribution is -2.45. The number of nitrogens with one attached hydrogen (secondary N) is 1. The number of carbonyl (C=O) groups is 1. The second-order valence-corrected chi connectivity index (χ2v) is 5.77. The summed E-state index contributed by atoms with van der Waals surface area (Å²) in [7, 11) is 1.87. The number of para-hydroxylation sites is 1. The monoisotopic (exact) mass is 248 g/mol. The molecular weight excluding hydrogens is 224 g/mol. The molecule has 0 aromatic heterocycles. The summed E-state index contributed by atoms with van der Waals surface area (Å²) < 4.78 is 0. The molecular formula is C15H24N2O. The van der Waals surface area contributed by atoms with Crippen molar-refractivity contribution in [1.82, 2.24) is 4.90 Å². The summed E-state index contributed by atoms with van der Waals surface area (Å²) in [5.74, 6) is 0.112. The van der Waals surface area contributed by atoms with Gasteiger partial charge in [0, 0.05) is 18.8 Å². The molecule has 0 aliphatic rings. The van der Waals surface area contributed by atoms with Crippen LogP contribution in [0, 0.1) is 5.41 Å². The highest BCUT2D eigenvalue weighted by Crippen LogP contribution is 2.22. The molecule has 0 aliphatic carbocycles. The number of amides is 1. The summed E-state index contributed by atoms with van der Waals surface area (Å²) >= 11 is 0. The molecule has 1 unspecified atom stereocenters. The van der Waals surface area contributed by atoms with Crippen LogP contribution in [0.2, 0.25) is 0 Å². The fraction of sp³-hybridized carbons (Fsp3) is 0.533. The number of benzene rings is 1. The van der Waals surface area contributed by atoms with Gasteiger partial charge in [0.05, 0.1) is 6.54 Å². The normalized spacial score (nSPS) is 12.9. The van der Waals surface area contributed by atoms with E-state index in [-0.39, 0.29) is 17.4 Å². The van der Waals surface area contributed by atoms with E-state index in [1.165, 1.54) is 0 Å². The first-order valence-corrected chi connectivity index (χ1v) is 6.37. The van der Waals surface area contributed by atoms with Gasteiger partial charge in [-0.1, -0.05) is 39.0 Å². The molecule has 1 aromatic carbocycles. The van der Waals surface area contributed by atoms with Crippen LogP contribution in [0.3, 0.4) is 0 Å². The lowest BCUT2D eigenvalue weighted by molar-refractivity contribution is -0.131. The molecule has 1 rings (SSSR count). The van der Waals surface area contributed by atoms with E-state index in [0.29, 0.717) is 6.54 Å². The fourth-order valence-corrected chi connectivity index (χ4v) is 1.66. The van der Waals surface area contributed by atoms with Crippen LogP contribution in [0.25, 0.3) is 0 Å². The molecule has 0 aliphatic heterocycles. The highest BCUT2D eigenvalue weighted by molar-refractivity contribution is 5.80. The van der Waals surface area contributed by atoms with E-state index in [9.17, 15) is 4.79 Å². The number of hydrogen-bond donors (Lipinski definition) is 1. The molecule has 0 radical (unpaired) electrons. The van der Waals surface area contributed by atoms with Crippen LogP contribution < -0.4 is 5.32 Å². The highest BCUT2D eigenvalue weighted by atomic mass is 16.2. The average molecular weight is 248 g/mol. The van der Waals surface area contributed by atoms with Gasteiger partial charge in [-0.15, -0.1) is 0 Å². The van der Waals surface area contributed by atoms with Gasteiger partial charge in [-0.25, -0.2) is 0 Å². The van der Waals surface area contributed by atoms with E-state index < -0.39 is 0 Å². The van der Waals surface area contributed by atoms with Crippen molar-refractivity contribution in [3.63, 3.8) is 0 Å². The Bertz CT molecular complexity index is 381. The Kier molecular flexibility index (Phi) is 4.76.